The van der Waals surface area contributed by atoms with Crippen molar-refractivity contribution in [3.63, 3.8) is 0 Å². The van der Waals surface area contributed by atoms with Crippen LogP contribution in [0.2, 0.25) is 0 Å². The van der Waals surface area contributed by atoms with E-state index in [0.717, 1.165) is 34.0 Å². The highest BCUT2D eigenvalue weighted by molar-refractivity contribution is 6.24. The van der Waals surface area contributed by atoms with Gasteiger partial charge in [0.1, 0.15) is 0 Å². The summed E-state index contributed by atoms with van der Waals surface area (Å²) in [6, 6.07) is 37.9. The number of nitrogens with zero attached hydrogens (tertiary/aromatic N) is 4. The Morgan fingerprint density at radius 2 is 1.04 bits per heavy atom. The number of para-hydroxylation sites is 1. The van der Waals surface area contributed by atoms with Crippen LogP contribution in [0.3, 0.4) is 0 Å². The number of halogens is 3. The largest absolute Gasteiger partial charge is 0.255 e. The zero-order chi connectivity index (χ0) is 32.1. The first-order chi connectivity index (χ1) is 23.0. The highest BCUT2D eigenvalue weighted by Crippen LogP contribution is 2.44. The average molecular weight is 615 g/mol. The molecule has 8 rings (SSSR count). The molecule has 0 fully saturated rings. The lowest BCUT2D eigenvalue weighted by Crippen LogP contribution is -1.99. The zero-order valence-corrected chi connectivity index (χ0v) is 24.5. The molecule has 0 amide bonds. The number of fused-ring (bicyclic) bond motifs is 5. The molecule has 8 aromatic rings. The molecule has 0 aliphatic heterocycles. The van der Waals surface area contributed by atoms with Crippen LogP contribution in [0.4, 0.5) is 18.9 Å². The van der Waals surface area contributed by atoms with Gasteiger partial charge in [0.25, 0.3) is 0 Å². The Morgan fingerprint density at radius 3 is 1.68 bits per heavy atom. The molecule has 0 unspecified atom stereocenters. The molecule has 6 aromatic carbocycles. The van der Waals surface area contributed by atoms with E-state index in [1.165, 1.54) is 0 Å². The van der Waals surface area contributed by atoms with Crippen LogP contribution < -0.4 is 0 Å². The second-order valence-electron chi connectivity index (χ2n) is 11.1. The summed E-state index contributed by atoms with van der Waals surface area (Å²) < 4.78 is 42.8. The molecule has 2 heterocycles. The number of hydrogen-bond acceptors (Lipinski definition) is 3. The highest BCUT2D eigenvalue weighted by Gasteiger charge is 2.23. The summed E-state index contributed by atoms with van der Waals surface area (Å²) >= 11 is 0. The van der Waals surface area contributed by atoms with Crippen LogP contribution >= 0.6 is 0 Å². The van der Waals surface area contributed by atoms with E-state index >= 15 is 0 Å². The minimum Gasteiger partial charge on any atom is -0.255 e. The fourth-order valence-corrected chi connectivity index (χ4v) is 6.15. The third kappa shape index (κ3) is 4.66. The molecule has 0 aliphatic carbocycles. The predicted molar refractivity (Wildman–Crippen MR) is 180 cm³/mol. The van der Waals surface area contributed by atoms with Crippen LogP contribution in [0.25, 0.3) is 82.5 Å². The monoisotopic (exact) mass is 614 g/mol. The van der Waals surface area contributed by atoms with Gasteiger partial charge in [0.05, 0.1) is 40.2 Å². The van der Waals surface area contributed by atoms with Crippen LogP contribution in [0.15, 0.2) is 127 Å². The Hall–Kier alpha value is -6.39. The second kappa shape index (κ2) is 11.2. The second-order valence-corrected chi connectivity index (χ2v) is 11.1. The van der Waals surface area contributed by atoms with Crippen molar-refractivity contribution in [1.29, 1.82) is 0 Å². The first kappa shape index (κ1) is 28.1. The fourth-order valence-electron chi connectivity index (χ4n) is 6.15. The van der Waals surface area contributed by atoms with Gasteiger partial charge in [-0.05, 0) is 35.4 Å². The summed E-state index contributed by atoms with van der Waals surface area (Å²) in [4.78, 5) is 19.3. The van der Waals surface area contributed by atoms with E-state index in [-0.39, 0.29) is 11.3 Å². The summed E-state index contributed by atoms with van der Waals surface area (Å²) in [6.45, 7) is 8.19. The van der Waals surface area contributed by atoms with Crippen molar-refractivity contribution in [3.05, 3.63) is 156 Å². The normalized spacial score (nSPS) is 11.3. The topological polar surface area (TPSA) is 43.0 Å². The maximum Gasteiger partial charge on any atom is 0.215 e. The lowest BCUT2D eigenvalue weighted by molar-refractivity contribution is 0.448. The molecule has 7 heteroatoms. The molecule has 2 aromatic heterocycles. The summed E-state index contributed by atoms with van der Waals surface area (Å²) in [7, 11) is 0. The molecule has 0 N–H and O–H groups in total. The maximum absolute atomic E-state index is 14.4. The molecule has 222 valence electrons. The van der Waals surface area contributed by atoms with Crippen molar-refractivity contribution in [2.45, 2.75) is 0 Å². The van der Waals surface area contributed by atoms with Gasteiger partial charge in [-0.1, -0.05) is 103 Å². The number of aromatic nitrogens is 3. The van der Waals surface area contributed by atoms with Gasteiger partial charge in [0.2, 0.25) is 5.69 Å². The quantitative estimate of drug-likeness (QED) is 0.113. The van der Waals surface area contributed by atoms with Gasteiger partial charge in [0, 0.05) is 32.8 Å². The average Bonchev–Trinajstić information content (AvgIpc) is 3.13. The first-order valence-electron chi connectivity index (χ1n) is 14.8. The molecule has 0 spiro atoms. The smallest absolute Gasteiger partial charge is 0.215 e. The Morgan fingerprint density at radius 1 is 0.489 bits per heavy atom. The summed E-state index contributed by atoms with van der Waals surface area (Å²) in [5.41, 5.74) is 6.62. The minimum absolute atomic E-state index is 0.157. The van der Waals surface area contributed by atoms with E-state index in [1.54, 1.807) is 30.3 Å². The molecule has 0 saturated heterocycles. The number of hydrogen-bond donors (Lipinski definition) is 0. The van der Waals surface area contributed by atoms with E-state index in [4.69, 9.17) is 21.5 Å². The van der Waals surface area contributed by atoms with E-state index < -0.39 is 17.5 Å². The van der Waals surface area contributed by atoms with Gasteiger partial charge in [0.15, 0.2) is 17.5 Å². The number of pyridine rings is 1. The number of rotatable bonds is 4. The Kier molecular flexibility index (Phi) is 6.70. The summed E-state index contributed by atoms with van der Waals surface area (Å²) in [5.74, 6) is -4.10. The molecule has 0 bridgehead atoms. The molecule has 47 heavy (non-hydrogen) atoms. The van der Waals surface area contributed by atoms with Crippen molar-refractivity contribution in [2.24, 2.45) is 0 Å². The third-order valence-electron chi connectivity index (χ3n) is 8.28. The van der Waals surface area contributed by atoms with E-state index in [2.05, 4.69) is 4.85 Å². The lowest BCUT2D eigenvalue weighted by Gasteiger charge is -2.17. The van der Waals surface area contributed by atoms with Crippen LogP contribution in [0.1, 0.15) is 0 Å². The third-order valence-corrected chi connectivity index (χ3v) is 8.28. The molecular weight excluding hydrogens is 593 g/mol. The fraction of sp³-hybridized carbons (Fsp3) is 0. The van der Waals surface area contributed by atoms with Gasteiger partial charge in [-0.2, -0.15) is 0 Å². The summed E-state index contributed by atoms with van der Waals surface area (Å²) in [6.07, 6.45) is 0. The van der Waals surface area contributed by atoms with Gasteiger partial charge in [-0.3, -0.25) is 4.98 Å². The van der Waals surface area contributed by atoms with Crippen LogP contribution in [-0.2, 0) is 0 Å². The molecule has 0 radical (unpaired) electrons. The van der Waals surface area contributed by atoms with Gasteiger partial charge >= 0.3 is 0 Å². The Labute approximate surface area is 267 Å². The molecule has 0 saturated carbocycles. The van der Waals surface area contributed by atoms with Gasteiger partial charge < -0.3 is 0 Å². The molecule has 0 aliphatic rings. The molecule has 0 atom stereocenters. The standard InChI is InChI=1S/C40H21F3N4/c1-44-33-22-29-34(40-39(33)46-36(23-12-4-2-5-13-23)37(47-40)24-14-6-3-7-15-24)28-18-10-11-19-32(28)45-38(29)27-17-9-8-16-26(27)25-20-30(41)35(43)31(42)21-25/h2-22H. The molecule has 4 nitrogen and oxygen atoms in total. The van der Waals surface area contributed by atoms with E-state index in [0.29, 0.717) is 50.1 Å². The zero-order valence-electron chi connectivity index (χ0n) is 24.5. The lowest BCUT2D eigenvalue weighted by atomic mass is 9.92. The van der Waals surface area contributed by atoms with Crippen molar-refractivity contribution in [1.82, 2.24) is 15.0 Å². The Balaban J connectivity index is 1.53. The van der Waals surface area contributed by atoms with Crippen LogP contribution in [0.5, 0.6) is 0 Å². The van der Waals surface area contributed by atoms with Crippen molar-refractivity contribution in [2.75, 3.05) is 0 Å². The van der Waals surface area contributed by atoms with Gasteiger partial charge in [-0.15, -0.1) is 0 Å². The Bertz CT molecular complexity index is 2540. The number of benzene rings is 6. The van der Waals surface area contributed by atoms with Crippen molar-refractivity contribution >= 4 is 38.4 Å². The van der Waals surface area contributed by atoms with Gasteiger partial charge in [-0.25, -0.2) is 28.0 Å². The first-order valence-corrected chi connectivity index (χ1v) is 14.8. The van der Waals surface area contributed by atoms with Crippen LogP contribution in [-0.4, -0.2) is 15.0 Å². The predicted octanol–water partition coefficient (Wildman–Crippen LogP) is 11.0. The van der Waals surface area contributed by atoms with Crippen LogP contribution in [0, 0.1) is 24.0 Å². The summed E-state index contributed by atoms with van der Waals surface area (Å²) in [5, 5.41) is 2.17. The van der Waals surface area contributed by atoms with Crippen molar-refractivity contribution in [3.8, 4) is 44.9 Å². The highest BCUT2D eigenvalue weighted by atomic mass is 19.2. The minimum atomic E-state index is -1.53. The van der Waals surface area contributed by atoms with E-state index in [1.807, 2.05) is 84.9 Å². The van der Waals surface area contributed by atoms with E-state index in [9.17, 15) is 13.2 Å². The maximum atomic E-state index is 14.4. The molecular formula is C40H21F3N4. The van der Waals surface area contributed by atoms with Crippen molar-refractivity contribution < 1.29 is 13.2 Å². The SMILES string of the molecule is [C-]#[N+]c1cc2c(-c3ccccc3-c3cc(F)c(F)c(F)c3)nc3ccccc3c2c2nc(-c3ccccc3)c(-c3ccccc3)nc12.